The molecule has 140 valence electrons. The molecule has 1 aliphatic heterocycles. The number of hydrogen-bond donors (Lipinski definition) is 3. The van der Waals surface area contributed by atoms with Crippen molar-refractivity contribution in [3.63, 3.8) is 0 Å². The Morgan fingerprint density at radius 2 is 1.81 bits per heavy atom. The van der Waals surface area contributed by atoms with Crippen LogP contribution >= 0.6 is 0 Å². The van der Waals surface area contributed by atoms with E-state index >= 15 is 0 Å². The Labute approximate surface area is 155 Å². The summed E-state index contributed by atoms with van der Waals surface area (Å²) in [6.45, 7) is 1.68. The maximum Gasteiger partial charge on any atom is 0.326 e. The van der Waals surface area contributed by atoms with E-state index in [2.05, 4.69) is 9.88 Å². The van der Waals surface area contributed by atoms with Crippen LogP contribution in [0.25, 0.3) is 11.0 Å². The van der Waals surface area contributed by atoms with E-state index in [0.717, 1.165) is 23.9 Å². The molecular weight excluding hydrogens is 346 g/mol. The number of fused-ring (bicyclic) bond motifs is 1. The highest BCUT2D eigenvalue weighted by Gasteiger charge is 2.25. The third kappa shape index (κ3) is 3.33. The van der Waals surface area contributed by atoms with Gasteiger partial charge in [-0.1, -0.05) is 12.1 Å². The first-order valence-corrected chi connectivity index (χ1v) is 8.99. The van der Waals surface area contributed by atoms with Crippen molar-refractivity contribution in [2.75, 3.05) is 19.6 Å². The van der Waals surface area contributed by atoms with Crippen LogP contribution in [-0.2, 0) is 0 Å². The lowest BCUT2D eigenvalue weighted by Crippen LogP contribution is -2.39. The van der Waals surface area contributed by atoms with Gasteiger partial charge in [-0.2, -0.15) is 0 Å². The molecule has 3 N–H and O–H groups in total. The summed E-state index contributed by atoms with van der Waals surface area (Å²) >= 11 is 0. The number of imidazole rings is 1. The van der Waals surface area contributed by atoms with Gasteiger partial charge < -0.3 is 15.2 Å². The molecule has 7 heteroatoms. The van der Waals surface area contributed by atoms with Crippen molar-refractivity contribution in [3.05, 3.63) is 58.5 Å². The quantitative estimate of drug-likeness (QED) is 0.485. The first kappa shape index (κ1) is 17.4. The van der Waals surface area contributed by atoms with Crippen LogP contribution in [0.1, 0.15) is 29.2 Å². The number of rotatable bonds is 4. The van der Waals surface area contributed by atoms with Crippen molar-refractivity contribution in [1.82, 2.24) is 14.5 Å². The number of piperidine rings is 1. The molecule has 0 atom stereocenters. The monoisotopic (exact) mass is 367 g/mol. The number of hydrogen-bond acceptors (Lipinski definition) is 5. The smallest absolute Gasteiger partial charge is 0.326 e. The lowest BCUT2D eigenvalue weighted by atomic mass is 10.0. The highest BCUT2D eigenvalue weighted by atomic mass is 16.3. The van der Waals surface area contributed by atoms with Gasteiger partial charge in [0.05, 0.1) is 17.6 Å². The zero-order valence-corrected chi connectivity index (χ0v) is 14.8. The molecule has 0 saturated carbocycles. The Balaban J connectivity index is 1.43. The number of para-hydroxylation sites is 2. The van der Waals surface area contributed by atoms with E-state index in [1.54, 1.807) is 0 Å². The second-order valence-corrected chi connectivity index (χ2v) is 6.95. The van der Waals surface area contributed by atoms with E-state index in [4.69, 9.17) is 0 Å². The number of carbonyl (C=O) groups is 1. The molecule has 0 radical (unpaired) electrons. The molecule has 7 nitrogen and oxygen atoms in total. The number of phenolic OH excluding ortho intramolecular Hbond substituents is 2. The highest BCUT2D eigenvalue weighted by Crippen LogP contribution is 2.27. The first-order valence-electron chi connectivity index (χ1n) is 8.99. The predicted molar refractivity (Wildman–Crippen MR) is 101 cm³/mol. The minimum absolute atomic E-state index is 0.0923. The van der Waals surface area contributed by atoms with Crippen molar-refractivity contribution in [2.24, 2.45) is 0 Å². The fourth-order valence-corrected chi connectivity index (χ4v) is 3.76. The third-order valence-electron chi connectivity index (χ3n) is 5.21. The number of aromatic hydroxyl groups is 2. The summed E-state index contributed by atoms with van der Waals surface area (Å²) in [5.74, 6) is -0.636. The van der Waals surface area contributed by atoms with Crippen molar-refractivity contribution >= 4 is 16.8 Å². The number of likely N-dealkylation sites (tertiary alicyclic amines) is 1. The fourth-order valence-electron chi connectivity index (χ4n) is 3.76. The Bertz CT molecular complexity index is 1040. The van der Waals surface area contributed by atoms with Crippen LogP contribution in [0.15, 0.2) is 47.3 Å². The number of Topliss-reactive ketones (excluding diaryl/α,β-unsaturated/α-hetero) is 1. The molecular formula is C20H21N3O4. The summed E-state index contributed by atoms with van der Waals surface area (Å²) in [7, 11) is 0. The Morgan fingerprint density at radius 3 is 2.56 bits per heavy atom. The third-order valence-corrected chi connectivity index (χ3v) is 5.21. The summed E-state index contributed by atoms with van der Waals surface area (Å²) in [6, 6.07) is 11.9. The number of nitrogens with zero attached hydrogens (tertiary/aromatic N) is 2. The van der Waals surface area contributed by atoms with Gasteiger partial charge in [0, 0.05) is 24.7 Å². The van der Waals surface area contributed by atoms with Gasteiger partial charge in [-0.05, 0) is 43.2 Å². The first-order chi connectivity index (χ1) is 13.0. The van der Waals surface area contributed by atoms with Gasteiger partial charge in [-0.3, -0.25) is 14.3 Å². The van der Waals surface area contributed by atoms with Gasteiger partial charge in [0.25, 0.3) is 0 Å². The zero-order valence-electron chi connectivity index (χ0n) is 14.8. The minimum atomic E-state index is -0.293. The number of aromatic nitrogens is 2. The molecule has 3 aromatic rings. The van der Waals surface area contributed by atoms with Crippen LogP contribution in [-0.4, -0.2) is 50.1 Å². The van der Waals surface area contributed by atoms with E-state index in [0.29, 0.717) is 18.7 Å². The van der Waals surface area contributed by atoms with Crippen LogP contribution < -0.4 is 5.69 Å². The number of phenols is 2. The topological polar surface area (TPSA) is 98.6 Å². The van der Waals surface area contributed by atoms with Crippen LogP contribution in [0.3, 0.4) is 0 Å². The molecule has 1 saturated heterocycles. The fraction of sp³-hybridized carbons (Fsp3) is 0.300. The number of carbonyl (C=O) groups excluding carboxylic acids is 1. The number of ketones is 1. The normalized spacial score (nSPS) is 16.0. The minimum Gasteiger partial charge on any atom is -0.504 e. The number of nitrogens with one attached hydrogen (secondary N) is 1. The summed E-state index contributed by atoms with van der Waals surface area (Å²) in [5.41, 5.74) is 2.04. The SMILES string of the molecule is O=C(CN1CCC(n2c(=O)[nH]c3ccccc32)CC1)c1ccc(O)c(O)c1. The van der Waals surface area contributed by atoms with E-state index in [1.807, 2.05) is 28.8 Å². The molecule has 27 heavy (non-hydrogen) atoms. The van der Waals surface area contributed by atoms with Crippen molar-refractivity contribution < 1.29 is 15.0 Å². The van der Waals surface area contributed by atoms with Gasteiger partial charge in [-0.25, -0.2) is 4.79 Å². The molecule has 4 rings (SSSR count). The van der Waals surface area contributed by atoms with Gasteiger partial charge in [-0.15, -0.1) is 0 Å². The van der Waals surface area contributed by atoms with Gasteiger partial charge in [0.1, 0.15) is 0 Å². The zero-order chi connectivity index (χ0) is 19.0. The second kappa shape index (κ2) is 6.92. The maximum absolute atomic E-state index is 12.4. The number of H-pyrrole nitrogens is 1. The van der Waals surface area contributed by atoms with Crippen molar-refractivity contribution in [2.45, 2.75) is 18.9 Å². The molecule has 1 aliphatic rings. The van der Waals surface area contributed by atoms with Crippen molar-refractivity contribution in [1.29, 1.82) is 0 Å². The molecule has 1 fully saturated rings. The summed E-state index contributed by atoms with van der Waals surface area (Å²) in [4.78, 5) is 29.7. The molecule has 1 aromatic heterocycles. The molecule has 0 bridgehead atoms. The lowest BCUT2D eigenvalue weighted by Gasteiger charge is -2.32. The number of benzene rings is 2. The van der Waals surface area contributed by atoms with Crippen LogP contribution in [0.2, 0.25) is 0 Å². The van der Waals surface area contributed by atoms with Gasteiger partial charge in [0.2, 0.25) is 0 Å². The Morgan fingerprint density at radius 1 is 1.07 bits per heavy atom. The summed E-state index contributed by atoms with van der Waals surface area (Å²) in [5, 5.41) is 18.9. The predicted octanol–water partition coefficient (Wildman–Crippen LogP) is 2.26. The highest BCUT2D eigenvalue weighted by molar-refractivity contribution is 5.98. The van der Waals surface area contributed by atoms with Crippen LogP contribution in [0.5, 0.6) is 11.5 Å². The molecule has 0 spiro atoms. The van der Waals surface area contributed by atoms with E-state index in [9.17, 15) is 19.8 Å². The average Bonchev–Trinajstić information content (AvgIpc) is 3.00. The summed E-state index contributed by atoms with van der Waals surface area (Å²) < 4.78 is 1.83. The van der Waals surface area contributed by atoms with E-state index < -0.39 is 0 Å². The molecule has 2 heterocycles. The standard InChI is InChI=1S/C20H21N3O4/c24-17-6-5-13(11-18(17)25)19(26)12-22-9-7-14(8-10-22)23-16-4-2-1-3-15(16)21-20(23)27/h1-6,11,14,24-25H,7-10,12H2,(H,21,27). The maximum atomic E-state index is 12.4. The Kier molecular flexibility index (Phi) is 4.45. The average molecular weight is 367 g/mol. The van der Waals surface area contributed by atoms with Crippen molar-refractivity contribution in [3.8, 4) is 11.5 Å². The molecule has 2 aromatic carbocycles. The van der Waals surface area contributed by atoms with Gasteiger partial charge in [0.15, 0.2) is 17.3 Å². The lowest BCUT2D eigenvalue weighted by molar-refractivity contribution is 0.0897. The van der Waals surface area contributed by atoms with Crippen LogP contribution in [0, 0.1) is 0 Å². The largest absolute Gasteiger partial charge is 0.504 e. The van der Waals surface area contributed by atoms with E-state index in [-0.39, 0.29) is 35.6 Å². The molecule has 0 amide bonds. The van der Waals surface area contributed by atoms with Gasteiger partial charge >= 0.3 is 5.69 Å². The summed E-state index contributed by atoms with van der Waals surface area (Å²) in [6.07, 6.45) is 1.58. The van der Waals surface area contributed by atoms with E-state index in [1.165, 1.54) is 18.2 Å². The van der Waals surface area contributed by atoms with Crippen LogP contribution in [0.4, 0.5) is 0 Å². The second-order valence-electron chi connectivity index (χ2n) is 6.95. The Hall–Kier alpha value is -3.06. The number of aromatic amines is 1. The molecule has 0 aliphatic carbocycles. The molecule has 0 unspecified atom stereocenters.